The Balaban J connectivity index is 3.01. The molecule has 1 unspecified atom stereocenters. The Hall–Kier alpha value is 0.0900. The number of sulfonamides is 1. The Morgan fingerprint density at radius 2 is 1.88 bits per heavy atom. The zero-order chi connectivity index (χ0) is 13.1. The summed E-state index contributed by atoms with van der Waals surface area (Å²) in [4.78, 5) is 0.270. The highest BCUT2D eigenvalue weighted by atomic mass is 79.9. The summed E-state index contributed by atoms with van der Waals surface area (Å²) in [7, 11) is -3.47. The maximum Gasteiger partial charge on any atom is 0.241 e. The number of nitrogens with one attached hydrogen (secondary N) is 1. The van der Waals surface area contributed by atoms with Crippen LogP contribution in [0.5, 0.6) is 0 Å². The van der Waals surface area contributed by atoms with Gasteiger partial charge in [-0.2, -0.15) is 0 Å². The lowest BCUT2D eigenvalue weighted by Gasteiger charge is -2.20. The molecule has 0 spiro atoms. The van der Waals surface area contributed by atoms with Crippen LogP contribution in [-0.2, 0) is 10.0 Å². The Morgan fingerprint density at radius 3 is 2.35 bits per heavy atom. The third-order valence-corrected chi connectivity index (χ3v) is 5.60. The first kappa shape index (κ1) is 15.1. The molecule has 0 aromatic heterocycles. The fourth-order valence-electron chi connectivity index (χ4n) is 1.27. The number of hydrogen-bond acceptors (Lipinski definition) is 2. The number of halogens is 2. The van der Waals surface area contributed by atoms with E-state index in [2.05, 4.69) is 36.6 Å². The van der Waals surface area contributed by atoms with Crippen LogP contribution in [0.1, 0.15) is 13.8 Å². The maximum absolute atomic E-state index is 12.2. The van der Waals surface area contributed by atoms with E-state index in [4.69, 9.17) is 0 Å². The fraction of sp³-hybridized carbons (Fsp3) is 0.455. The van der Waals surface area contributed by atoms with Gasteiger partial charge in [0.2, 0.25) is 10.0 Å². The van der Waals surface area contributed by atoms with Crippen molar-refractivity contribution in [3.8, 4) is 0 Å². The molecular formula is C11H15Br2NO2S. The van der Waals surface area contributed by atoms with Gasteiger partial charge in [0.15, 0.2) is 0 Å². The molecule has 0 aliphatic carbocycles. The molecule has 1 N–H and O–H groups in total. The van der Waals surface area contributed by atoms with Gasteiger partial charge in [-0.05, 0) is 34.0 Å². The summed E-state index contributed by atoms with van der Waals surface area (Å²) in [5.41, 5.74) is 0. The van der Waals surface area contributed by atoms with Crippen molar-refractivity contribution in [2.75, 3.05) is 5.33 Å². The van der Waals surface area contributed by atoms with Crippen molar-refractivity contribution in [3.63, 3.8) is 0 Å². The van der Waals surface area contributed by atoms with Gasteiger partial charge in [0, 0.05) is 15.8 Å². The van der Waals surface area contributed by atoms with Gasteiger partial charge in [-0.1, -0.05) is 41.9 Å². The molecule has 3 nitrogen and oxygen atoms in total. The topological polar surface area (TPSA) is 46.2 Å². The van der Waals surface area contributed by atoms with E-state index in [1.807, 2.05) is 13.8 Å². The van der Waals surface area contributed by atoms with Crippen molar-refractivity contribution in [2.45, 2.75) is 24.8 Å². The van der Waals surface area contributed by atoms with Crippen molar-refractivity contribution in [1.29, 1.82) is 0 Å². The first-order chi connectivity index (χ1) is 7.88. The SMILES string of the molecule is CC(C)C(CBr)NS(=O)(=O)c1ccccc1Br. The lowest BCUT2D eigenvalue weighted by Crippen LogP contribution is -2.39. The zero-order valence-electron chi connectivity index (χ0n) is 9.65. The highest BCUT2D eigenvalue weighted by molar-refractivity contribution is 9.10. The van der Waals surface area contributed by atoms with Crippen LogP contribution in [0.2, 0.25) is 0 Å². The second-order valence-electron chi connectivity index (χ2n) is 4.06. The van der Waals surface area contributed by atoms with Gasteiger partial charge < -0.3 is 0 Å². The average Bonchev–Trinajstić information content (AvgIpc) is 2.26. The van der Waals surface area contributed by atoms with E-state index in [-0.39, 0.29) is 16.9 Å². The summed E-state index contributed by atoms with van der Waals surface area (Å²) in [6.07, 6.45) is 0. The fourth-order valence-corrected chi connectivity index (χ4v) is 4.78. The monoisotopic (exact) mass is 383 g/mol. The molecule has 96 valence electrons. The minimum absolute atomic E-state index is 0.118. The van der Waals surface area contributed by atoms with E-state index >= 15 is 0 Å². The number of alkyl halides is 1. The van der Waals surface area contributed by atoms with Crippen molar-refractivity contribution in [1.82, 2.24) is 4.72 Å². The standard InChI is InChI=1S/C11H15Br2NO2S/c1-8(2)10(7-12)14-17(15,16)11-6-4-3-5-9(11)13/h3-6,8,10,14H,7H2,1-2H3. The summed E-state index contributed by atoms with van der Waals surface area (Å²) in [6, 6.07) is 6.67. The molecule has 0 heterocycles. The molecule has 0 aliphatic rings. The summed E-state index contributed by atoms with van der Waals surface area (Å²) in [5.74, 6) is 0.228. The van der Waals surface area contributed by atoms with Gasteiger partial charge in [-0.15, -0.1) is 0 Å². The number of hydrogen-bond donors (Lipinski definition) is 1. The van der Waals surface area contributed by atoms with E-state index in [1.165, 1.54) is 0 Å². The van der Waals surface area contributed by atoms with E-state index < -0.39 is 10.0 Å². The van der Waals surface area contributed by atoms with Crippen molar-refractivity contribution in [3.05, 3.63) is 28.7 Å². The molecule has 0 aliphatic heterocycles. The quantitative estimate of drug-likeness (QED) is 0.792. The van der Waals surface area contributed by atoms with Crippen molar-refractivity contribution >= 4 is 41.9 Å². The van der Waals surface area contributed by atoms with Crippen LogP contribution in [-0.4, -0.2) is 19.8 Å². The largest absolute Gasteiger partial charge is 0.241 e. The van der Waals surface area contributed by atoms with Crippen molar-refractivity contribution < 1.29 is 8.42 Å². The van der Waals surface area contributed by atoms with Gasteiger partial charge in [0.1, 0.15) is 0 Å². The van der Waals surface area contributed by atoms with Crippen LogP contribution in [0, 0.1) is 5.92 Å². The molecule has 1 aromatic carbocycles. The summed E-state index contributed by atoms with van der Waals surface area (Å²) in [6.45, 7) is 3.96. The Labute approximate surface area is 119 Å². The van der Waals surface area contributed by atoms with Crippen LogP contribution >= 0.6 is 31.9 Å². The van der Waals surface area contributed by atoms with E-state index in [0.717, 1.165) is 0 Å². The molecule has 0 saturated carbocycles. The zero-order valence-corrected chi connectivity index (χ0v) is 13.6. The number of benzene rings is 1. The molecule has 1 rings (SSSR count). The summed E-state index contributed by atoms with van der Waals surface area (Å²) < 4.78 is 27.6. The normalized spacial score (nSPS) is 13.9. The van der Waals surface area contributed by atoms with Gasteiger partial charge in [0.05, 0.1) is 4.90 Å². The van der Waals surface area contributed by atoms with Crippen LogP contribution in [0.3, 0.4) is 0 Å². The van der Waals surface area contributed by atoms with E-state index in [0.29, 0.717) is 9.80 Å². The molecule has 0 bridgehead atoms. The minimum atomic E-state index is -3.47. The van der Waals surface area contributed by atoms with Gasteiger partial charge in [-0.25, -0.2) is 13.1 Å². The maximum atomic E-state index is 12.2. The minimum Gasteiger partial charge on any atom is -0.207 e. The predicted octanol–water partition coefficient (Wildman–Crippen LogP) is 3.15. The van der Waals surface area contributed by atoms with E-state index in [1.54, 1.807) is 24.3 Å². The molecule has 1 aromatic rings. The lowest BCUT2D eigenvalue weighted by atomic mass is 10.1. The van der Waals surface area contributed by atoms with E-state index in [9.17, 15) is 8.42 Å². The second-order valence-corrected chi connectivity index (χ2v) is 7.24. The highest BCUT2D eigenvalue weighted by Crippen LogP contribution is 2.22. The Morgan fingerprint density at radius 1 is 1.29 bits per heavy atom. The molecule has 17 heavy (non-hydrogen) atoms. The van der Waals surface area contributed by atoms with Gasteiger partial charge >= 0.3 is 0 Å². The van der Waals surface area contributed by atoms with Gasteiger partial charge in [-0.3, -0.25) is 0 Å². The molecule has 0 radical (unpaired) electrons. The molecule has 0 fully saturated rings. The van der Waals surface area contributed by atoms with Gasteiger partial charge in [0.25, 0.3) is 0 Å². The molecule has 6 heteroatoms. The number of rotatable bonds is 5. The Kier molecular flexibility index (Phi) is 5.63. The van der Waals surface area contributed by atoms with Crippen LogP contribution in [0.25, 0.3) is 0 Å². The molecule has 0 saturated heterocycles. The third-order valence-electron chi connectivity index (χ3n) is 2.40. The molecular weight excluding hydrogens is 370 g/mol. The smallest absolute Gasteiger partial charge is 0.207 e. The highest BCUT2D eigenvalue weighted by Gasteiger charge is 2.23. The summed E-state index contributed by atoms with van der Waals surface area (Å²) in [5, 5.41) is 0.592. The molecule has 0 amide bonds. The average molecular weight is 385 g/mol. The van der Waals surface area contributed by atoms with Crippen molar-refractivity contribution in [2.24, 2.45) is 5.92 Å². The third kappa shape index (κ3) is 4.05. The second kappa shape index (κ2) is 6.31. The van der Waals surface area contributed by atoms with Crippen LogP contribution in [0.15, 0.2) is 33.6 Å². The first-order valence-electron chi connectivity index (χ1n) is 5.21. The first-order valence-corrected chi connectivity index (χ1v) is 8.61. The predicted molar refractivity (Wildman–Crippen MR) is 76.9 cm³/mol. The Bertz CT molecular complexity index is 474. The van der Waals surface area contributed by atoms with Crippen LogP contribution < -0.4 is 4.72 Å². The van der Waals surface area contributed by atoms with Crippen LogP contribution in [0.4, 0.5) is 0 Å². The summed E-state index contributed by atoms with van der Waals surface area (Å²) >= 11 is 6.57. The lowest BCUT2D eigenvalue weighted by molar-refractivity contribution is 0.483. The molecule has 1 atom stereocenters.